The number of nitrogen functional groups attached to an aromatic ring is 1. The van der Waals surface area contributed by atoms with Crippen LogP contribution in [0.2, 0.25) is 0 Å². The predicted octanol–water partition coefficient (Wildman–Crippen LogP) is -0.169. The summed E-state index contributed by atoms with van der Waals surface area (Å²) in [6.45, 7) is 0. The Bertz CT molecular complexity index is 331. The molecule has 0 fully saturated rings. The molecule has 1 rings (SSSR count). The van der Waals surface area contributed by atoms with Crippen LogP contribution < -0.4 is 11.1 Å². The molecule has 0 atom stereocenters. The second-order valence-corrected chi connectivity index (χ2v) is 2.47. The second kappa shape index (κ2) is 3.34. The van der Waals surface area contributed by atoms with Crippen LogP contribution >= 0.6 is 0 Å². The first kappa shape index (κ1) is 9.37. The van der Waals surface area contributed by atoms with E-state index in [0.717, 1.165) is 0 Å². The van der Waals surface area contributed by atoms with Gasteiger partial charge in [-0.15, -0.1) is 0 Å². The molecule has 0 amide bonds. The van der Waals surface area contributed by atoms with E-state index < -0.39 is 5.97 Å². The van der Waals surface area contributed by atoms with Crippen LogP contribution in [-0.4, -0.2) is 29.9 Å². The highest BCUT2D eigenvalue weighted by atomic mass is 16.5. The number of rotatable bonds is 2. The molecule has 0 radical (unpaired) electrons. The minimum absolute atomic E-state index is 0.271. The van der Waals surface area contributed by atoms with Crippen LogP contribution in [-0.2, 0) is 11.8 Å². The van der Waals surface area contributed by atoms with Crippen molar-refractivity contribution in [2.45, 2.75) is 0 Å². The molecule has 1 heterocycles. The number of methoxy groups -OCH3 is 1. The Labute approximate surface area is 75.7 Å². The molecule has 72 valence electrons. The zero-order valence-electron chi connectivity index (χ0n) is 7.79. The molecule has 0 saturated heterocycles. The van der Waals surface area contributed by atoms with Gasteiger partial charge in [0.2, 0.25) is 0 Å². The van der Waals surface area contributed by atoms with Crippen molar-refractivity contribution < 1.29 is 9.53 Å². The van der Waals surface area contributed by atoms with E-state index in [0.29, 0.717) is 5.82 Å². The number of hydrogen-bond acceptors (Lipinski definition) is 5. The number of aryl methyl sites for hydroxylation is 1. The quantitative estimate of drug-likeness (QED) is 0.623. The van der Waals surface area contributed by atoms with E-state index in [1.807, 2.05) is 0 Å². The van der Waals surface area contributed by atoms with E-state index in [1.165, 1.54) is 11.8 Å². The smallest absolute Gasteiger partial charge is 0.345 e. The zero-order chi connectivity index (χ0) is 10.0. The Balaban J connectivity index is 3.23. The minimum Gasteiger partial charge on any atom is -0.465 e. The molecule has 0 aliphatic carbocycles. The van der Waals surface area contributed by atoms with Gasteiger partial charge in [-0.25, -0.2) is 4.79 Å². The average Bonchev–Trinajstić information content (AvgIpc) is 2.42. The summed E-state index contributed by atoms with van der Waals surface area (Å²) < 4.78 is 5.98. The van der Waals surface area contributed by atoms with Gasteiger partial charge in [-0.3, -0.25) is 4.68 Å². The van der Waals surface area contributed by atoms with E-state index in [2.05, 4.69) is 15.2 Å². The SMILES string of the molecule is CNc1nn(C)c(N)c1C(=O)OC. The molecule has 13 heavy (non-hydrogen) atoms. The van der Waals surface area contributed by atoms with Crippen molar-refractivity contribution in [2.24, 2.45) is 7.05 Å². The number of nitrogens with zero attached hydrogens (tertiary/aromatic N) is 2. The van der Waals surface area contributed by atoms with Gasteiger partial charge < -0.3 is 15.8 Å². The van der Waals surface area contributed by atoms with Crippen LogP contribution in [0.1, 0.15) is 10.4 Å². The lowest BCUT2D eigenvalue weighted by molar-refractivity contribution is 0.0603. The maximum absolute atomic E-state index is 11.2. The van der Waals surface area contributed by atoms with Crippen molar-refractivity contribution in [1.29, 1.82) is 0 Å². The number of esters is 1. The molecular weight excluding hydrogens is 172 g/mol. The molecule has 3 N–H and O–H groups in total. The molecule has 0 saturated carbocycles. The van der Waals surface area contributed by atoms with Gasteiger partial charge in [0.1, 0.15) is 11.4 Å². The lowest BCUT2D eigenvalue weighted by atomic mass is 10.3. The second-order valence-electron chi connectivity index (χ2n) is 2.47. The molecule has 6 nitrogen and oxygen atoms in total. The number of nitrogens with two attached hydrogens (primary N) is 1. The fraction of sp³-hybridized carbons (Fsp3) is 0.429. The molecule has 1 aromatic rings. The van der Waals surface area contributed by atoms with E-state index in [4.69, 9.17) is 5.73 Å². The van der Waals surface area contributed by atoms with Gasteiger partial charge in [0.25, 0.3) is 0 Å². The minimum atomic E-state index is -0.491. The standard InChI is InChI=1S/C7H12N4O2/c1-9-6-4(7(12)13-3)5(8)11(2)10-6/h8H2,1-3H3,(H,9,10). The highest BCUT2D eigenvalue weighted by Gasteiger charge is 2.20. The number of hydrogen-bond donors (Lipinski definition) is 2. The van der Waals surface area contributed by atoms with Crippen molar-refractivity contribution in [3.8, 4) is 0 Å². The maximum Gasteiger partial charge on any atom is 0.345 e. The highest BCUT2D eigenvalue weighted by Crippen LogP contribution is 2.20. The molecule has 0 aliphatic heterocycles. The molecule has 0 spiro atoms. The normalized spacial score (nSPS) is 9.77. The first-order valence-corrected chi connectivity index (χ1v) is 3.70. The summed E-state index contributed by atoms with van der Waals surface area (Å²) in [5.74, 6) is 0.220. The van der Waals surface area contributed by atoms with Crippen LogP contribution in [0.3, 0.4) is 0 Å². The number of aromatic nitrogens is 2. The molecule has 0 aromatic carbocycles. The van der Waals surface area contributed by atoms with Crippen molar-refractivity contribution >= 4 is 17.6 Å². The van der Waals surface area contributed by atoms with Crippen LogP contribution in [0, 0.1) is 0 Å². The number of carbonyl (C=O) groups excluding carboxylic acids is 1. The zero-order valence-corrected chi connectivity index (χ0v) is 7.79. The Hall–Kier alpha value is -1.72. The summed E-state index contributed by atoms with van der Waals surface area (Å²) in [6.07, 6.45) is 0. The predicted molar refractivity (Wildman–Crippen MR) is 48.5 cm³/mol. The fourth-order valence-electron chi connectivity index (χ4n) is 1.02. The number of nitrogens with one attached hydrogen (secondary N) is 1. The average molecular weight is 184 g/mol. The van der Waals surface area contributed by atoms with Gasteiger partial charge in [0.15, 0.2) is 5.82 Å². The van der Waals surface area contributed by atoms with Crippen molar-refractivity contribution in [3.63, 3.8) is 0 Å². The monoisotopic (exact) mass is 184 g/mol. The highest BCUT2D eigenvalue weighted by molar-refractivity contribution is 5.99. The summed E-state index contributed by atoms with van der Waals surface area (Å²) in [4.78, 5) is 11.2. The summed E-state index contributed by atoms with van der Waals surface area (Å²) in [5.41, 5.74) is 5.89. The number of carbonyl (C=O) groups is 1. The van der Waals surface area contributed by atoms with Gasteiger partial charge in [0.05, 0.1) is 7.11 Å². The number of anilines is 2. The van der Waals surface area contributed by atoms with Crippen molar-refractivity contribution in [2.75, 3.05) is 25.2 Å². The molecule has 0 unspecified atom stereocenters. The lowest BCUT2D eigenvalue weighted by Crippen LogP contribution is -2.07. The Morgan fingerprint density at radius 2 is 2.31 bits per heavy atom. The molecule has 1 aromatic heterocycles. The van der Waals surface area contributed by atoms with Crippen LogP contribution in [0.15, 0.2) is 0 Å². The Kier molecular flexibility index (Phi) is 2.41. The van der Waals surface area contributed by atoms with E-state index in [1.54, 1.807) is 14.1 Å². The van der Waals surface area contributed by atoms with Crippen LogP contribution in [0.5, 0.6) is 0 Å². The topological polar surface area (TPSA) is 82.2 Å². The first-order valence-electron chi connectivity index (χ1n) is 3.70. The fourth-order valence-corrected chi connectivity index (χ4v) is 1.02. The summed E-state index contributed by atoms with van der Waals surface area (Å²) >= 11 is 0. The van der Waals surface area contributed by atoms with Gasteiger partial charge in [-0.2, -0.15) is 5.10 Å². The largest absolute Gasteiger partial charge is 0.465 e. The Morgan fingerprint density at radius 1 is 1.69 bits per heavy atom. The summed E-state index contributed by atoms with van der Waals surface area (Å²) in [6, 6.07) is 0. The molecule has 6 heteroatoms. The van der Waals surface area contributed by atoms with Crippen molar-refractivity contribution in [1.82, 2.24) is 9.78 Å². The van der Waals surface area contributed by atoms with Gasteiger partial charge in [0, 0.05) is 14.1 Å². The summed E-state index contributed by atoms with van der Waals surface area (Å²) in [7, 11) is 4.62. The van der Waals surface area contributed by atoms with Crippen LogP contribution in [0.4, 0.5) is 11.6 Å². The molecule has 0 bridgehead atoms. The van der Waals surface area contributed by atoms with Crippen molar-refractivity contribution in [3.05, 3.63) is 5.56 Å². The maximum atomic E-state index is 11.2. The summed E-state index contributed by atoms with van der Waals surface area (Å²) in [5, 5.41) is 6.74. The van der Waals surface area contributed by atoms with Gasteiger partial charge >= 0.3 is 5.97 Å². The number of ether oxygens (including phenoxy) is 1. The van der Waals surface area contributed by atoms with E-state index >= 15 is 0 Å². The third kappa shape index (κ3) is 1.42. The lowest BCUT2D eigenvalue weighted by Gasteiger charge is -1.99. The van der Waals surface area contributed by atoms with Gasteiger partial charge in [-0.1, -0.05) is 0 Å². The third-order valence-electron chi connectivity index (χ3n) is 1.72. The Morgan fingerprint density at radius 3 is 2.77 bits per heavy atom. The third-order valence-corrected chi connectivity index (χ3v) is 1.72. The van der Waals surface area contributed by atoms with Gasteiger partial charge in [-0.05, 0) is 0 Å². The van der Waals surface area contributed by atoms with E-state index in [9.17, 15) is 4.79 Å². The van der Waals surface area contributed by atoms with Crippen LogP contribution in [0.25, 0.3) is 0 Å². The first-order chi connectivity index (χ1) is 6.11. The molecular formula is C7H12N4O2. The molecule has 0 aliphatic rings. The van der Waals surface area contributed by atoms with E-state index in [-0.39, 0.29) is 11.4 Å².